The molecule has 0 atom stereocenters. The van der Waals surface area contributed by atoms with Gasteiger partial charge in [0.1, 0.15) is 0 Å². The third kappa shape index (κ3) is 2.62. The second-order valence-corrected chi connectivity index (χ2v) is 4.70. The Kier molecular flexibility index (Phi) is 3.71. The Bertz CT molecular complexity index is 664. The van der Waals surface area contributed by atoms with E-state index in [2.05, 4.69) is 15.5 Å². The molecular weight excluding hydrogens is 254 g/mol. The van der Waals surface area contributed by atoms with Crippen LogP contribution in [0.5, 0.6) is 0 Å². The van der Waals surface area contributed by atoms with Crippen molar-refractivity contribution in [3.05, 3.63) is 41.2 Å². The highest BCUT2D eigenvalue weighted by atomic mass is 16.2. The van der Waals surface area contributed by atoms with Crippen molar-refractivity contribution in [3.8, 4) is 6.07 Å². The van der Waals surface area contributed by atoms with Crippen molar-refractivity contribution in [1.82, 2.24) is 10.2 Å². The number of aromatic amines is 1. The van der Waals surface area contributed by atoms with Gasteiger partial charge >= 0.3 is 0 Å². The van der Waals surface area contributed by atoms with E-state index in [0.717, 1.165) is 5.69 Å². The second kappa shape index (κ2) is 5.45. The molecule has 0 aliphatic heterocycles. The van der Waals surface area contributed by atoms with Crippen molar-refractivity contribution in [3.63, 3.8) is 0 Å². The van der Waals surface area contributed by atoms with Crippen LogP contribution in [0.25, 0.3) is 0 Å². The molecule has 102 valence electrons. The lowest BCUT2D eigenvalue weighted by Crippen LogP contribution is -2.14. The number of nitrogens with zero attached hydrogens (tertiary/aromatic N) is 2. The zero-order chi connectivity index (χ0) is 14.7. The maximum atomic E-state index is 12.1. The van der Waals surface area contributed by atoms with Gasteiger partial charge in [0, 0.05) is 5.69 Å². The number of carbonyl (C=O) groups excluding carboxylic acids is 1. The molecule has 0 spiro atoms. The molecule has 2 aromatic rings. The minimum absolute atomic E-state index is 0.166. The number of hydrogen-bond acceptors (Lipinski definition) is 4. The second-order valence-electron chi connectivity index (χ2n) is 4.70. The number of amides is 1. The Labute approximate surface area is 116 Å². The summed E-state index contributed by atoms with van der Waals surface area (Å²) in [6.45, 7) is 3.93. The SMILES string of the molecule is CC(C)c1[nH]nc(C(=O)Nc2ccc(C#N)cc2)c1N. The van der Waals surface area contributed by atoms with E-state index in [1.54, 1.807) is 24.3 Å². The predicted molar refractivity (Wildman–Crippen MR) is 76.2 cm³/mol. The summed E-state index contributed by atoms with van der Waals surface area (Å²) in [6, 6.07) is 8.58. The Morgan fingerprint density at radius 2 is 2.05 bits per heavy atom. The highest BCUT2D eigenvalue weighted by molar-refractivity contribution is 6.06. The van der Waals surface area contributed by atoms with Crippen LogP contribution in [0.2, 0.25) is 0 Å². The predicted octanol–water partition coefficient (Wildman–Crippen LogP) is 2.24. The van der Waals surface area contributed by atoms with Gasteiger partial charge in [-0.15, -0.1) is 0 Å². The summed E-state index contributed by atoms with van der Waals surface area (Å²) in [5.74, 6) is -0.214. The quantitative estimate of drug-likeness (QED) is 0.794. The van der Waals surface area contributed by atoms with Crippen LogP contribution in [0, 0.1) is 11.3 Å². The number of hydrogen-bond donors (Lipinski definition) is 3. The minimum atomic E-state index is -0.379. The van der Waals surface area contributed by atoms with E-state index in [4.69, 9.17) is 11.0 Å². The largest absolute Gasteiger partial charge is 0.395 e. The monoisotopic (exact) mass is 269 g/mol. The summed E-state index contributed by atoms with van der Waals surface area (Å²) < 4.78 is 0. The molecule has 0 fully saturated rings. The maximum absolute atomic E-state index is 12.1. The summed E-state index contributed by atoms with van der Waals surface area (Å²) in [5.41, 5.74) is 8.32. The molecule has 1 amide bonds. The minimum Gasteiger partial charge on any atom is -0.395 e. The van der Waals surface area contributed by atoms with Crippen LogP contribution in [-0.4, -0.2) is 16.1 Å². The number of nitriles is 1. The topological polar surface area (TPSA) is 108 Å². The lowest BCUT2D eigenvalue weighted by atomic mass is 10.1. The normalized spacial score (nSPS) is 10.3. The smallest absolute Gasteiger partial charge is 0.278 e. The molecule has 6 heteroatoms. The molecule has 4 N–H and O–H groups in total. The van der Waals surface area contributed by atoms with Crippen LogP contribution in [0.4, 0.5) is 11.4 Å². The first-order valence-corrected chi connectivity index (χ1v) is 6.18. The van der Waals surface area contributed by atoms with Gasteiger partial charge in [0.25, 0.3) is 5.91 Å². The van der Waals surface area contributed by atoms with E-state index in [1.807, 2.05) is 19.9 Å². The summed E-state index contributed by atoms with van der Waals surface area (Å²) in [5, 5.41) is 18.1. The van der Waals surface area contributed by atoms with Crippen molar-refractivity contribution < 1.29 is 4.79 Å². The van der Waals surface area contributed by atoms with Crippen molar-refractivity contribution in [1.29, 1.82) is 5.26 Å². The number of carbonyl (C=O) groups is 1. The molecule has 2 rings (SSSR count). The molecule has 0 bridgehead atoms. The number of anilines is 2. The molecule has 20 heavy (non-hydrogen) atoms. The van der Waals surface area contributed by atoms with Crippen molar-refractivity contribution in [2.24, 2.45) is 0 Å². The van der Waals surface area contributed by atoms with Gasteiger partial charge < -0.3 is 11.1 Å². The fraction of sp³-hybridized carbons (Fsp3) is 0.214. The lowest BCUT2D eigenvalue weighted by molar-refractivity contribution is 0.102. The molecule has 0 aliphatic carbocycles. The average Bonchev–Trinajstić information content (AvgIpc) is 2.81. The third-order valence-electron chi connectivity index (χ3n) is 2.90. The van der Waals surface area contributed by atoms with Gasteiger partial charge in [0.2, 0.25) is 0 Å². The van der Waals surface area contributed by atoms with Crippen LogP contribution >= 0.6 is 0 Å². The molecular formula is C14H15N5O. The molecule has 1 aromatic heterocycles. The van der Waals surface area contributed by atoms with Gasteiger partial charge in [0.15, 0.2) is 5.69 Å². The van der Waals surface area contributed by atoms with Crippen molar-refractivity contribution in [2.45, 2.75) is 19.8 Å². The third-order valence-corrected chi connectivity index (χ3v) is 2.90. The molecule has 0 aliphatic rings. The Balaban J connectivity index is 2.18. The maximum Gasteiger partial charge on any atom is 0.278 e. The first-order valence-electron chi connectivity index (χ1n) is 6.18. The van der Waals surface area contributed by atoms with Gasteiger partial charge in [-0.25, -0.2) is 0 Å². The number of nitrogens with one attached hydrogen (secondary N) is 2. The fourth-order valence-corrected chi connectivity index (χ4v) is 1.80. The fourth-order valence-electron chi connectivity index (χ4n) is 1.80. The van der Waals surface area contributed by atoms with Gasteiger partial charge in [0.05, 0.1) is 23.0 Å². The summed E-state index contributed by atoms with van der Waals surface area (Å²) in [4.78, 5) is 12.1. The Morgan fingerprint density at radius 3 is 2.55 bits per heavy atom. The number of nitrogen functional groups attached to an aromatic ring is 1. The first-order chi connectivity index (χ1) is 9.52. The lowest BCUT2D eigenvalue weighted by Gasteiger charge is -2.05. The molecule has 1 heterocycles. The Hall–Kier alpha value is -2.81. The average molecular weight is 269 g/mol. The van der Waals surface area contributed by atoms with Crippen molar-refractivity contribution >= 4 is 17.3 Å². The number of benzene rings is 1. The molecule has 0 unspecified atom stereocenters. The highest BCUT2D eigenvalue weighted by Gasteiger charge is 2.18. The standard InChI is InChI=1S/C14H15N5O/c1-8(2)12-11(16)13(19-18-12)14(20)17-10-5-3-9(7-15)4-6-10/h3-6,8H,16H2,1-2H3,(H,17,20)(H,18,19). The molecule has 0 radical (unpaired) electrons. The summed E-state index contributed by atoms with van der Waals surface area (Å²) in [6.07, 6.45) is 0. The van der Waals surface area contributed by atoms with Crippen LogP contribution in [0.3, 0.4) is 0 Å². The molecule has 0 saturated heterocycles. The molecule has 1 aromatic carbocycles. The van der Waals surface area contributed by atoms with E-state index < -0.39 is 0 Å². The van der Waals surface area contributed by atoms with E-state index in [0.29, 0.717) is 16.9 Å². The van der Waals surface area contributed by atoms with Crippen LogP contribution in [0.15, 0.2) is 24.3 Å². The highest BCUT2D eigenvalue weighted by Crippen LogP contribution is 2.22. The number of aromatic nitrogens is 2. The zero-order valence-corrected chi connectivity index (χ0v) is 11.3. The zero-order valence-electron chi connectivity index (χ0n) is 11.3. The van der Waals surface area contributed by atoms with E-state index >= 15 is 0 Å². The van der Waals surface area contributed by atoms with E-state index in [-0.39, 0.29) is 17.5 Å². The Morgan fingerprint density at radius 1 is 1.40 bits per heavy atom. The van der Waals surface area contributed by atoms with Crippen LogP contribution in [-0.2, 0) is 0 Å². The first kappa shape index (κ1) is 13.6. The van der Waals surface area contributed by atoms with Gasteiger partial charge in [-0.3, -0.25) is 9.89 Å². The molecule has 0 saturated carbocycles. The van der Waals surface area contributed by atoms with Gasteiger partial charge in [-0.1, -0.05) is 13.8 Å². The van der Waals surface area contributed by atoms with Gasteiger partial charge in [-0.2, -0.15) is 10.4 Å². The summed E-state index contributed by atoms with van der Waals surface area (Å²) >= 11 is 0. The summed E-state index contributed by atoms with van der Waals surface area (Å²) in [7, 11) is 0. The van der Waals surface area contributed by atoms with E-state index in [9.17, 15) is 4.79 Å². The number of nitrogens with two attached hydrogens (primary N) is 1. The number of H-pyrrole nitrogens is 1. The van der Waals surface area contributed by atoms with Crippen LogP contribution in [0.1, 0.15) is 41.5 Å². The molecule has 6 nitrogen and oxygen atoms in total. The van der Waals surface area contributed by atoms with Crippen molar-refractivity contribution in [2.75, 3.05) is 11.1 Å². The van der Waals surface area contributed by atoms with Crippen LogP contribution < -0.4 is 11.1 Å². The van der Waals surface area contributed by atoms with Gasteiger partial charge in [-0.05, 0) is 30.2 Å². The van der Waals surface area contributed by atoms with E-state index in [1.165, 1.54) is 0 Å². The number of rotatable bonds is 3.